The van der Waals surface area contributed by atoms with Gasteiger partial charge in [0.2, 0.25) is 0 Å². The van der Waals surface area contributed by atoms with Crippen molar-refractivity contribution in [3.63, 3.8) is 0 Å². The number of sulfonamides is 1. The molecule has 1 unspecified atom stereocenters. The summed E-state index contributed by atoms with van der Waals surface area (Å²) >= 11 is 0.988. The van der Waals surface area contributed by atoms with E-state index < -0.39 is 10.0 Å². The zero-order chi connectivity index (χ0) is 14.9. The summed E-state index contributed by atoms with van der Waals surface area (Å²) in [7, 11) is -3.44. The van der Waals surface area contributed by atoms with Gasteiger partial charge in [-0.1, -0.05) is 18.2 Å². The lowest BCUT2D eigenvalue weighted by Crippen LogP contribution is -2.41. The van der Waals surface area contributed by atoms with E-state index >= 15 is 0 Å². The molecule has 21 heavy (non-hydrogen) atoms. The molecule has 0 radical (unpaired) electrons. The second kappa shape index (κ2) is 5.75. The monoisotopic (exact) mass is 325 g/mol. The van der Waals surface area contributed by atoms with Crippen LogP contribution in [0.3, 0.4) is 0 Å². The van der Waals surface area contributed by atoms with Crippen LogP contribution in [0.15, 0.2) is 40.7 Å². The molecule has 1 aliphatic rings. The van der Waals surface area contributed by atoms with E-state index in [9.17, 15) is 8.42 Å². The van der Waals surface area contributed by atoms with Crippen molar-refractivity contribution in [2.24, 2.45) is 0 Å². The van der Waals surface area contributed by atoms with Crippen molar-refractivity contribution >= 4 is 27.2 Å². The molecule has 7 heteroatoms. The summed E-state index contributed by atoms with van der Waals surface area (Å²) in [6.45, 7) is 3.36. The fourth-order valence-corrected chi connectivity index (χ4v) is 4.46. The maximum Gasteiger partial charge on any atom is 0.251 e. The van der Waals surface area contributed by atoms with Gasteiger partial charge in [-0.3, -0.25) is 0 Å². The van der Waals surface area contributed by atoms with Crippen LogP contribution in [0.1, 0.15) is 13.9 Å². The van der Waals surface area contributed by atoms with Crippen molar-refractivity contribution in [3.05, 3.63) is 42.1 Å². The lowest BCUT2D eigenvalue weighted by Gasteiger charge is -2.27. The predicted octanol–water partition coefficient (Wildman–Crippen LogP) is 2.12. The SMILES string of the molecule is CC(CNS(=O)(=O)c1ccns1)N1CCc2ccccc21.[HH]. The van der Waals surface area contributed by atoms with Gasteiger partial charge in [0.25, 0.3) is 10.0 Å². The van der Waals surface area contributed by atoms with Crippen LogP contribution in [-0.2, 0) is 16.4 Å². The maximum absolute atomic E-state index is 12.1. The molecule has 5 nitrogen and oxygen atoms in total. The summed E-state index contributed by atoms with van der Waals surface area (Å²) in [6, 6.07) is 9.91. The van der Waals surface area contributed by atoms with Gasteiger partial charge in [0, 0.05) is 32.4 Å². The first-order valence-electron chi connectivity index (χ1n) is 6.83. The van der Waals surface area contributed by atoms with E-state index in [0.29, 0.717) is 6.54 Å². The summed E-state index contributed by atoms with van der Waals surface area (Å²) in [5.74, 6) is 0. The summed E-state index contributed by atoms with van der Waals surface area (Å²) in [6.07, 6.45) is 2.52. The standard InChI is InChI=1S/C14H17N3O2S2.H2/c1-11(10-16-21(18,19)14-6-8-15-20-14)17-9-7-12-4-2-3-5-13(12)17;/h2-6,8,11,16H,7,9-10H2,1H3;1H. The Kier molecular flexibility index (Phi) is 3.97. The van der Waals surface area contributed by atoms with Crippen molar-refractivity contribution in [1.29, 1.82) is 0 Å². The number of nitrogens with zero attached hydrogens (tertiary/aromatic N) is 2. The molecule has 1 aromatic heterocycles. The third-order valence-electron chi connectivity index (χ3n) is 3.70. The highest BCUT2D eigenvalue weighted by molar-refractivity contribution is 7.91. The zero-order valence-electron chi connectivity index (χ0n) is 11.7. The van der Waals surface area contributed by atoms with Crippen LogP contribution >= 0.6 is 11.5 Å². The summed E-state index contributed by atoms with van der Waals surface area (Å²) < 4.78 is 31.0. The maximum atomic E-state index is 12.1. The Bertz CT molecular complexity index is 719. The molecule has 1 atom stereocenters. The number of aromatic nitrogens is 1. The van der Waals surface area contributed by atoms with Crippen molar-refractivity contribution in [1.82, 2.24) is 9.10 Å². The Labute approximate surface area is 130 Å². The van der Waals surface area contributed by atoms with Crippen molar-refractivity contribution in [2.45, 2.75) is 23.6 Å². The molecule has 0 fully saturated rings. The van der Waals surface area contributed by atoms with Gasteiger partial charge in [-0.15, -0.1) is 0 Å². The lowest BCUT2D eigenvalue weighted by atomic mass is 10.2. The Balaban J connectivity index is 0.00000176. The highest BCUT2D eigenvalue weighted by Crippen LogP contribution is 2.29. The molecule has 114 valence electrons. The Hall–Kier alpha value is -1.44. The first-order chi connectivity index (χ1) is 10.1. The van der Waals surface area contributed by atoms with Crippen molar-refractivity contribution < 1.29 is 9.84 Å². The molecule has 0 bridgehead atoms. The minimum Gasteiger partial charge on any atom is -0.367 e. The van der Waals surface area contributed by atoms with Crippen LogP contribution in [-0.4, -0.2) is 31.9 Å². The van der Waals surface area contributed by atoms with E-state index in [2.05, 4.69) is 26.1 Å². The van der Waals surface area contributed by atoms with Gasteiger partial charge in [-0.05, 0) is 42.6 Å². The van der Waals surface area contributed by atoms with Gasteiger partial charge in [0.1, 0.15) is 0 Å². The Morgan fingerprint density at radius 3 is 3.00 bits per heavy atom. The number of hydrogen-bond acceptors (Lipinski definition) is 5. The number of anilines is 1. The van der Waals surface area contributed by atoms with Crippen LogP contribution < -0.4 is 9.62 Å². The minimum absolute atomic E-state index is 0. The molecule has 1 aromatic carbocycles. The van der Waals surface area contributed by atoms with E-state index in [1.54, 1.807) is 0 Å². The summed E-state index contributed by atoms with van der Waals surface area (Å²) in [5.41, 5.74) is 2.54. The number of fused-ring (bicyclic) bond motifs is 1. The molecule has 0 aliphatic carbocycles. The average Bonchev–Trinajstić information content (AvgIpc) is 3.14. The van der Waals surface area contributed by atoms with E-state index in [0.717, 1.165) is 24.5 Å². The summed E-state index contributed by atoms with van der Waals surface area (Å²) in [4.78, 5) is 2.25. The summed E-state index contributed by atoms with van der Waals surface area (Å²) in [5, 5.41) is 0. The number of nitrogens with one attached hydrogen (secondary N) is 1. The topological polar surface area (TPSA) is 62.3 Å². The van der Waals surface area contributed by atoms with Crippen molar-refractivity contribution in [3.8, 4) is 0 Å². The van der Waals surface area contributed by atoms with E-state index in [4.69, 9.17) is 0 Å². The highest BCUT2D eigenvalue weighted by atomic mass is 32.2. The van der Waals surface area contributed by atoms with Crippen LogP contribution in [0.4, 0.5) is 5.69 Å². The quantitative estimate of drug-likeness (QED) is 0.915. The smallest absolute Gasteiger partial charge is 0.251 e. The van der Waals surface area contributed by atoms with Gasteiger partial charge in [0.05, 0.1) is 0 Å². The van der Waals surface area contributed by atoms with Gasteiger partial charge in [0.15, 0.2) is 4.21 Å². The second-order valence-electron chi connectivity index (χ2n) is 5.10. The highest BCUT2D eigenvalue weighted by Gasteiger charge is 2.24. The molecular formula is C14H19N3O2S2. The predicted molar refractivity (Wildman–Crippen MR) is 86.4 cm³/mol. The second-order valence-corrected chi connectivity index (χ2v) is 7.93. The number of hydrogen-bond donors (Lipinski definition) is 1. The lowest BCUT2D eigenvalue weighted by molar-refractivity contribution is 0.568. The number of benzene rings is 1. The van der Waals surface area contributed by atoms with E-state index in [1.807, 2.05) is 19.1 Å². The Morgan fingerprint density at radius 2 is 2.24 bits per heavy atom. The molecule has 0 saturated carbocycles. The molecule has 0 amide bonds. The first-order valence-corrected chi connectivity index (χ1v) is 9.08. The minimum atomic E-state index is -3.44. The van der Waals surface area contributed by atoms with E-state index in [-0.39, 0.29) is 11.7 Å². The molecule has 2 aromatic rings. The van der Waals surface area contributed by atoms with Gasteiger partial charge in [-0.25, -0.2) is 13.1 Å². The van der Waals surface area contributed by atoms with Gasteiger partial charge in [-0.2, -0.15) is 4.37 Å². The Morgan fingerprint density at radius 1 is 1.43 bits per heavy atom. The largest absolute Gasteiger partial charge is 0.367 e. The van der Waals surface area contributed by atoms with Crippen molar-refractivity contribution in [2.75, 3.05) is 18.0 Å². The zero-order valence-corrected chi connectivity index (χ0v) is 13.3. The fraction of sp³-hybridized carbons (Fsp3) is 0.357. The fourth-order valence-electron chi connectivity index (χ4n) is 2.58. The molecule has 0 saturated heterocycles. The number of para-hydroxylation sites is 1. The molecule has 1 N–H and O–H groups in total. The van der Waals surface area contributed by atoms with Crippen LogP contribution in [0.5, 0.6) is 0 Å². The molecule has 0 spiro atoms. The van der Waals surface area contributed by atoms with Gasteiger partial charge < -0.3 is 4.90 Å². The van der Waals surface area contributed by atoms with Crippen LogP contribution in [0, 0.1) is 0 Å². The molecular weight excluding hydrogens is 306 g/mol. The van der Waals surface area contributed by atoms with Crippen LogP contribution in [0.2, 0.25) is 0 Å². The molecule has 3 rings (SSSR count). The third-order valence-corrected chi connectivity index (χ3v) is 6.34. The number of rotatable bonds is 5. The average molecular weight is 325 g/mol. The first kappa shape index (κ1) is 14.5. The third kappa shape index (κ3) is 2.95. The van der Waals surface area contributed by atoms with Crippen LogP contribution in [0.25, 0.3) is 0 Å². The normalized spacial score (nSPS) is 16.0. The van der Waals surface area contributed by atoms with Gasteiger partial charge >= 0.3 is 0 Å². The molecule has 1 aliphatic heterocycles. The van der Waals surface area contributed by atoms with E-state index in [1.165, 1.54) is 23.5 Å². The molecule has 2 heterocycles.